The molecular formula is C21H22BrClN2O4S. The van der Waals surface area contributed by atoms with Crippen LogP contribution in [-0.4, -0.2) is 29.3 Å². The summed E-state index contributed by atoms with van der Waals surface area (Å²) in [6.45, 7) is 6.98. The Labute approximate surface area is 194 Å². The monoisotopic (exact) mass is 512 g/mol. The van der Waals surface area contributed by atoms with Crippen LogP contribution in [-0.2, 0) is 9.47 Å². The summed E-state index contributed by atoms with van der Waals surface area (Å²) in [5.74, 6) is -1.11. The Morgan fingerprint density at radius 2 is 1.47 bits per heavy atom. The van der Waals surface area contributed by atoms with Crippen LogP contribution in [0.4, 0.5) is 11.4 Å². The van der Waals surface area contributed by atoms with Gasteiger partial charge >= 0.3 is 11.9 Å². The van der Waals surface area contributed by atoms with Crippen LogP contribution < -0.4 is 10.6 Å². The van der Waals surface area contributed by atoms with Crippen molar-refractivity contribution in [3.63, 3.8) is 0 Å². The molecule has 2 N–H and O–H groups in total. The third kappa shape index (κ3) is 7.27. The summed E-state index contributed by atoms with van der Waals surface area (Å²) >= 11 is 14.9. The minimum atomic E-state index is -0.554. The second-order valence-corrected chi connectivity index (χ2v) is 8.64. The van der Waals surface area contributed by atoms with Crippen LogP contribution in [0.15, 0.2) is 40.9 Å². The van der Waals surface area contributed by atoms with Crippen molar-refractivity contribution in [1.29, 1.82) is 0 Å². The van der Waals surface area contributed by atoms with Gasteiger partial charge in [0.2, 0.25) is 0 Å². The molecule has 0 saturated heterocycles. The van der Waals surface area contributed by atoms with Crippen molar-refractivity contribution < 1.29 is 19.1 Å². The van der Waals surface area contributed by atoms with Crippen LogP contribution >= 0.6 is 39.7 Å². The molecule has 0 aliphatic rings. The highest BCUT2D eigenvalue weighted by Crippen LogP contribution is 2.26. The Kier molecular flexibility index (Phi) is 8.64. The largest absolute Gasteiger partial charge is 0.459 e. The molecule has 0 bridgehead atoms. The van der Waals surface area contributed by atoms with Crippen molar-refractivity contribution >= 4 is 68.2 Å². The molecule has 0 radical (unpaired) electrons. The normalized spacial score (nSPS) is 10.7. The maximum atomic E-state index is 12.4. The number of ether oxygens (including phenoxy) is 2. The first-order valence-electron chi connectivity index (χ1n) is 9.15. The first kappa shape index (κ1) is 24.1. The molecule has 0 aromatic heterocycles. The standard InChI is InChI=1S/C21H22BrClN2O4S/c1-11(2)28-19(26)13-7-14(20(27)29-12(3)4)9-16(8-13)24-21(30)25-18-6-5-15(22)10-17(18)23/h5-12H,1-4H3,(H2,24,25,30). The molecule has 30 heavy (non-hydrogen) atoms. The highest BCUT2D eigenvalue weighted by Gasteiger charge is 2.17. The van der Waals surface area contributed by atoms with Gasteiger partial charge in [-0.05, 0) is 76.3 Å². The van der Waals surface area contributed by atoms with Crippen molar-refractivity contribution in [3.05, 3.63) is 57.0 Å². The first-order chi connectivity index (χ1) is 14.0. The zero-order valence-corrected chi connectivity index (χ0v) is 20.1. The van der Waals surface area contributed by atoms with Gasteiger partial charge in [-0.1, -0.05) is 27.5 Å². The second kappa shape index (κ2) is 10.7. The molecule has 0 aliphatic carbocycles. The van der Waals surface area contributed by atoms with Gasteiger partial charge in [0, 0.05) is 10.2 Å². The van der Waals surface area contributed by atoms with E-state index in [1.807, 2.05) is 6.07 Å². The van der Waals surface area contributed by atoms with Gasteiger partial charge in [-0.25, -0.2) is 9.59 Å². The van der Waals surface area contributed by atoms with E-state index in [1.165, 1.54) is 6.07 Å². The van der Waals surface area contributed by atoms with Crippen LogP contribution in [0.25, 0.3) is 0 Å². The van der Waals surface area contributed by atoms with Crippen LogP contribution in [0.5, 0.6) is 0 Å². The lowest BCUT2D eigenvalue weighted by atomic mass is 10.1. The van der Waals surface area contributed by atoms with Crippen LogP contribution in [0.1, 0.15) is 48.4 Å². The molecule has 2 aromatic carbocycles. The predicted octanol–water partition coefficient (Wildman–Crippen LogP) is 6.04. The average Bonchev–Trinajstić information content (AvgIpc) is 2.62. The minimum Gasteiger partial charge on any atom is -0.459 e. The van der Waals surface area contributed by atoms with Crippen molar-refractivity contribution in [2.24, 2.45) is 0 Å². The SMILES string of the molecule is CC(C)OC(=O)c1cc(NC(=S)Nc2ccc(Br)cc2Cl)cc(C(=O)OC(C)C)c1. The second-order valence-electron chi connectivity index (χ2n) is 6.91. The molecule has 0 atom stereocenters. The molecule has 0 amide bonds. The highest BCUT2D eigenvalue weighted by atomic mass is 79.9. The molecule has 9 heteroatoms. The molecule has 0 fully saturated rings. The maximum Gasteiger partial charge on any atom is 0.338 e. The third-order valence-corrected chi connectivity index (χ3v) is 4.54. The van der Waals surface area contributed by atoms with E-state index in [1.54, 1.807) is 52.0 Å². The topological polar surface area (TPSA) is 76.7 Å². The zero-order valence-electron chi connectivity index (χ0n) is 16.9. The van der Waals surface area contributed by atoms with E-state index in [0.29, 0.717) is 16.4 Å². The number of hydrogen-bond acceptors (Lipinski definition) is 5. The quantitative estimate of drug-likeness (QED) is 0.360. The van der Waals surface area contributed by atoms with Gasteiger partial charge in [-0.3, -0.25) is 0 Å². The van der Waals surface area contributed by atoms with Gasteiger partial charge in [-0.2, -0.15) is 0 Å². The average molecular weight is 514 g/mol. The Hall–Kier alpha value is -2.16. The van der Waals surface area contributed by atoms with E-state index < -0.39 is 11.9 Å². The van der Waals surface area contributed by atoms with Crippen LogP contribution in [0, 0.1) is 0 Å². The molecular weight excluding hydrogens is 492 g/mol. The zero-order chi connectivity index (χ0) is 22.4. The lowest BCUT2D eigenvalue weighted by molar-refractivity contribution is 0.0377. The number of carbonyl (C=O) groups excluding carboxylic acids is 2. The number of nitrogens with one attached hydrogen (secondary N) is 2. The van der Waals surface area contributed by atoms with Crippen molar-refractivity contribution in [2.45, 2.75) is 39.9 Å². The van der Waals surface area contributed by atoms with Crippen LogP contribution in [0.2, 0.25) is 5.02 Å². The number of halogens is 2. The van der Waals surface area contributed by atoms with Gasteiger partial charge in [0.05, 0.1) is 34.0 Å². The molecule has 160 valence electrons. The number of rotatable bonds is 6. The van der Waals surface area contributed by atoms with Gasteiger partial charge < -0.3 is 20.1 Å². The summed E-state index contributed by atoms with van der Waals surface area (Å²) in [4.78, 5) is 24.8. The van der Waals surface area contributed by atoms with Gasteiger partial charge in [0.15, 0.2) is 5.11 Å². The van der Waals surface area contributed by atoms with Crippen LogP contribution in [0.3, 0.4) is 0 Å². The van der Waals surface area contributed by atoms with Gasteiger partial charge in [-0.15, -0.1) is 0 Å². The summed E-state index contributed by atoms with van der Waals surface area (Å²) < 4.78 is 11.3. The fraction of sp³-hybridized carbons (Fsp3) is 0.286. The Balaban J connectivity index is 2.28. The summed E-state index contributed by atoms with van der Waals surface area (Å²) in [5.41, 5.74) is 1.43. The van der Waals surface area contributed by atoms with Crippen molar-refractivity contribution in [1.82, 2.24) is 0 Å². The molecule has 0 unspecified atom stereocenters. The summed E-state index contributed by atoms with van der Waals surface area (Å²) in [6, 6.07) is 9.85. The van der Waals surface area contributed by atoms with Gasteiger partial charge in [0.1, 0.15) is 0 Å². The lowest BCUT2D eigenvalue weighted by Gasteiger charge is -2.15. The first-order valence-corrected chi connectivity index (χ1v) is 10.7. The number of hydrogen-bond donors (Lipinski definition) is 2. The predicted molar refractivity (Wildman–Crippen MR) is 127 cm³/mol. The van der Waals surface area contributed by atoms with E-state index in [2.05, 4.69) is 26.6 Å². The molecule has 0 saturated carbocycles. The van der Waals surface area contributed by atoms with E-state index in [-0.39, 0.29) is 28.4 Å². The number of anilines is 2. The Morgan fingerprint density at radius 1 is 0.933 bits per heavy atom. The van der Waals surface area contributed by atoms with E-state index in [0.717, 1.165) is 4.47 Å². The highest BCUT2D eigenvalue weighted by molar-refractivity contribution is 9.10. The molecule has 2 rings (SSSR count). The van der Waals surface area contributed by atoms with Crippen molar-refractivity contribution in [2.75, 3.05) is 10.6 Å². The van der Waals surface area contributed by atoms with E-state index in [4.69, 9.17) is 33.3 Å². The number of esters is 2. The molecule has 0 aliphatic heterocycles. The molecule has 6 nitrogen and oxygen atoms in total. The smallest absolute Gasteiger partial charge is 0.338 e. The maximum absolute atomic E-state index is 12.4. The number of carbonyl (C=O) groups is 2. The summed E-state index contributed by atoms with van der Waals surface area (Å²) in [7, 11) is 0. The lowest BCUT2D eigenvalue weighted by Crippen LogP contribution is -2.21. The Bertz CT molecular complexity index is 926. The third-order valence-electron chi connectivity index (χ3n) is 3.53. The molecule has 2 aromatic rings. The van der Waals surface area contributed by atoms with Gasteiger partial charge in [0.25, 0.3) is 0 Å². The minimum absolute atomic E-state index is 0.203. The fourth-order valence-corrected chi connectivity index (χ4v) is 3.32. The number of thiocarbonyl (C=S) groups is 1. The molecule has 0 spiro atoms. The van der Waals surface area contributed by atoms with Crippen molar-refractivity contribution in [3.8, 4) is 0 Å². The summed E-state index contributed by atoms with van der Waals surface area (Å²) in [6.07, 6.45) is -0.607. The van der Waals surface area contributed by atoms with E-state index >= 15 is 0 Å². The molecule has 0 heterocycles. The summed E-state index contributed by atoms with van der Waals surface area (Å²) in [5, 5.41) is 6.66. The number of benzene rings is 2. The van der Waals surface area contributed by atoms with E-state index in [9.17, 15) is 9.59 Å². The fourth-order valence-electron chi connectivity index (χ4n) is 2.38. The Morgan fingerprint density at radius 3 is 1.93 bits per heavy atom.